The lowest BCUT2D eigenvalue weighted by atomic mass is 9.89. The lowest BCUT2D eigenvalue weighted by Crippen LogP contribution is -2.37. The normalized spacial score (nSPS) is 12.7. The average molecular weight is 425 g/mol. The zero-order chi connectivity index (χ0) is 22.5. The summed E-state index contributed by atoms with van der Waals surface area (Å²) < 4.78 is 0. The minimum atomic E-state index is -0.349. The van der Waals surface area contributed by atoms with Gasteiger partial charge < -0.3 is 15.4 Å². The van der Waals surface area contributed by atoms with Gasteiger partial charge in [0.2, 0.25) is 5.91 Å². The molecule has 1 amide bonds. The Morgan fingerprint density at radius 3 is 1.60 bits per heavy atom. The van der Waals surface area contributed by atoms with Crippen molar-refractivity contribution in [3.63, 3.8) is 0 Å². The van der Waals surface area contributed by atoms with Gasteiger partial charge in [-0.15, -0.1) is 0 Å². The molecule has 0 spiro atoms. The Balaban J connectivity index is 3.29. The zero-order valence-electron chi connectivity index (χ0n) is 20.7. The minimum absolute atomic E-state index is 0.0115. The summed E-state index contributed by atoms with van der Waals surface area (Å²) in [5, 5.41) is 5.81. The highest BCUT2D eigenvalue weighted by Crippen LogP contribution is 2.22. The van der Waals surface area contributed by atoms with E-state index in [9.17, 15) is 9.59 Å². The number of carbonyl (C=O) groups is 2. The molecule has 30 heavy (non-hydrogen) atoms. The number of hydrogen-bond acceptors (Lipinski definition) is 3. The summed E-state index contributed by atoms with van der Waals surface area (Å²) in [7, 11) is 1.85. The van der Waals surface area contributed by atoms with E-state index in [0.29, 0.717) is 18.3 Å². The summed E-state index contributed by atoms with van der Waals surface area (Å²) in [6.07, 6.45) is 21.9. The van der Waals surface area contributed by atoms with Crippen LogP contribution in [0.1, 0.15) is 130 Å². The van der Waals surface area contributed by atoms with E-state index >= 15 is 0 Å². The van der Waals surface area contributed by atoms with Crippen LogP contribution in [0.2, 0.25) is 0 Å². The second-order valence-electron chi connectivity index (χ2n) is 10.2. The predicted molar refractivity (Wildman–Crippen MR) is 130 cm³/mol. The summed E-state index contributed by atoms with van der Waals surface area (Å²) in [5.74, 6) is 0.0115. The van der Waals surface area contributed by atoms with Crippen LogP contribution in [-0.2, 0) is 9.59 Å². The first-order chi connectivity index (χ1) is 14.4. The van der Waals surface area contributed by atoms with Crippen molar-refractivity contribution in [3.05, 3.63) is 0 Å². The molecule has 1 atom stereocenters. The van der Waals surface area contributed by atoms with Gasteiger partial charge in [0.15, 0.2) is 0 Å². The van der Waals surface area contributed by atoms with Gasteiger partial charge >= 0.3 is 0 Å². The lowest BCUT2D eigenvalue weighted by molar-refractivity contribution is -0.124. The molecule has 4 heteroatoms. The fraction of sp³-hybridized carbons (Fsp3) is 0.923. The van der Waals surface area contributed by atoms with Crippen LogP contribution in [0.3, 0.4) is 0 Å². The number of unbranched alkanes of at least 4 members (excludes halogenated alkanes) is 13. The molecule has 0 bridgehead atoms. The van der Waals surface area contributed by atoms with Crippen LogP contribution >= 0.6 is 0 Å². The SMILES string of the molecule is CNCCC(C=O)NC(=O)CCCCCCCCCCCCCCCCC(C)(C)C. The van der Waals surface area contributed by atoms with Gasteiger partial charge in [0.1, 0.15) is 6.29 Å². The lowest BCUT2D eigenvalue weighted by Gasteiger charge is -2.17. The molecule has 0 aliphatic heterocycles. The highest BCUT2D eigenvalue weighted by atomic mass is 16.2. The molecular weight excluding hydrogens is 372 g/mol. The molecule has 0 aromatic carbocycles. The van der Waals surface area contributed by atoms with Crippen LogP contribution in [0.15, 0.2) is 0 Å². The quantitative estimate of drug-likeness (QED) is 0.162. The monoisotopic (exact) mass is 424 g/mol. The van der Waals surface area contributed by atoms with Gasteiger partial charge in [-0.3, -0.25) is 4.79 Å². The fourth-order valence-corrected chi connectivity index (χ4v) is 3.82. The van der Waals surface area contributed by atoms with Crippen molar-refractivity contribution in [1.29, 1.82) is 0 Å². The smallest absolute Gasteiger partial charge is 0.220 e. The van der Waals surface area contributed by atoms with Gasteiger partial charge in [-0.2, -0.15) is 0 Å². The van der Waals surface area contributed by atoms with Crippen molar-refractivity contribution >= 4 is 12.2 Å². The highest BCUT2D eigenvalue weighted by Gasteiger charge is 2.10. The Morgan fingerprint density at radius 2 is 1.20 bits per heavy atom. The second-order valence-corrected chi connectivity index (χ2v) is 10.2. The molecule has 178 valence electrons. The number of hydrogen-bond donors (Lipinski definition) is 2. The first kappa shape index (κ1) is 29.1. The zero-order valence-corrected chi connectivity index (χ0v) is 20.7. The first-order valence-corrected chi connectivity index (χ1v) is 12.8. The third-order valence-corrected chi connectivity index (χ3v) is 5.80. The van der Waals surface area contributed by atoms with Crippen molar-refractivity contribution in [1.82, 2.24) is 10.6 Å². The molecule has 0 aromatic rings. The summed E-state index contributed by atoms with van der Waals surface area (Å²) >= 11 is 0. The number of rotatable bonds is 21. The maximum atomic E-state index is 11.9. The Hall–Kier alpha value is -0.900. The van der Waals surface area contributed by atoms with E-state index < -0.39 is 0 Å². The van der Waals surface area contributed by atoms with Crippen LogP contribution in [0.25, 0.3) is 0 Å². The number of nitrogens with one attached hydrogen (secondary N) is 2. The molecule has 0 saturated heterocycles. The van der Waals surface area contributed by atoms with Crippen molar-refractivity contribution in [2.45, 2.75) is 136 Å². The van der Waals surface area contributed by atoms with E-state index in [1.807, 2.05) is 7.05 Å². The van der Waals surface area contributed by atoms with Crippen LogP contribution in [0, 0.1) is 5.41 Å². The molecule has 0 saturated carbocycles. The largest absolute Gasteiger partial charge is 0.347 e. The third kappa shape index (κ3) is 21.8. The van der Waals surface area contributed by atoms with Gasteiger partial charge in [0, 0.05) is 6.42 Å². The van der Waals surface area contributed by atoms with Crippen molar-refractivity contribution in [3.8, 4) is 0 Å². The van der Waals surface area contributed by atoms with Crippen molar-refractivity contribution in [2.24, 2.45) is 5.41 Å². The maximum absolute atomic E-state index is 11.9. The second kappa shape index (κ2) is 20.0. The van der Waals surface area contributed by atoms with Crippen LogP contribution in [-0.4, -0.2) is 31.8 Å². The van der Waals surface area contributed by atoms with E-state index in [1.54, 1.807) is 0 Å². The highest BCUT2D eigenvalue weighted by molar-refractivity contribution is 5.79. The van der Waals surface area contributed by atoms with Crippen LogP contribution < -0.4 is 10.6 Å². The van der Waals surface area contributed by atoms with E-state index in [4.69, 9.17) is 0 Å². The van der Waals surface area contributed by atoms with E-state index in [1.165, 1.54) is 83.5 Å². The van der Waals surface area contributed by atoms with E-state index in [-0.39, 0.29) is 11.9 Å². The van der Waals surface area contributed by atoms with Crippen molar-refractivity contribution < 1.29 is 9.59 Å². The maximum Gasteiger partial charge on any atom is 0.220 e. The predicted octanol–water partition coefficient (Wildman–Crippen LogP) is 6.57. The summed E-state index contributed by atoms with van der Waals surface area (Å²) in [5.41, 5.74) is 0.501. The third-order valence-electron chi connectivity index (χ3n) is 5.80. The number of amides is 1. The molecule has 0 aliphatic carbocycles. The van der Waals surface area contributed by atoms with E-state index in [0.717, 1.165) is 25.7 Å². The molecule has 0 aromatic heterocycles. The van der Waals surface area contributed by atoms with E-state index in [2.05, 4.69) is 31.4 Å². The summed E-state index contributed by atoms with van der Waals surface area (Å²) in [6, 6.07) is -0.349. The first-order valence-electron chi connectivity index (χ1n) is 12.8. The standard InChI is InChI=1S/C26H52N2O2/c1-26(2,3)21-18-16-14-12-10-8-6-5-7-9-11-13-15-17-19-25(30)28-24(23-29)20-22-27-4/h23-24,27H,5-22H2,1-4H3,(H,28,30). The van der Waals surface area contributed by atoms with Crippen LogP contribution in [0.4, 0.5) is 0 Å². The van der Waals surface area contributed by atoms with Gasteiger partial charge in [0.05, 0.1) is 6.04 Å². The molecular formula is C26H52N2O2. The molecule has 0 heterocycles. The molecule has 0 aliphatic rings. The Kier molecular flexibility index (Phi) is 19.4. The fourth-order valence-electron chi connectivity index (χ4n) is 3.82. The molecule has 0 rings (SSSR count). The molecule has 0 radical (unpaired) electrons. The molecule has 2 N–H and O–H groups in total. The topological polar surface area (TPSA) is 58.2 Å². The van der Waals surface area contributed by atoms with Crippen LogP contribution in [0.5, 0.6) is 0 Å². The number of aldehydes is 1. The molecule has 1 unspecified atom stereocenters. The number of carbonyl (C=O) groups excluding carboxylic acids is 2. The summed E-state index contributed by atoms with van der Waals surface area (Å²) in [4.78, 5) is 22.8. The van der Waals surface area contributed by atoms with Gasteiger partial charge in [-0.25, -0.2) is 0 Å². The Morgan fingerprint density at radius 1 is 0.767 bits per heavy atom. The minimum Gasteiger partial charge on any atom is -0.347 e. The van der Waals surface area contributed by atoms with Gasteiger partial charge in [0.25, 0.3) is 0 Å². The Bertz CT molecular complexity index is 404. The Labute approximate surface area is 187 Å². The summed E-state index contributed by atoms with van der Waals surface area (Å²) in [6.45, 7) is 7.75. The molecule has 0 fully saturated rings. The van der Waals surface area contributed by atoms with Gasteiger partial charge in [-0.1, -0.05) is 104 Å². The molecule has 4 nitrogen and oxygen atoms in total. The van der Waals surface area contributed by atoms with Gasteiger partial charge in [-0.05, 0) is 38.3 Å². The van der Waals surface area contributed by atoms with Crippen molar-refractivity contribution in [2.75, 3.05) is 13.6 Å². The average Bonchev–Trinajstić information content (AvgIpc) is 2.69.